The minimum Gasteiger partial charge on any atom is -0.494 e. The van der Waals surface area contributed by atoms with Gasteiger partial charge in [-0.3, -0.25) is 0 Å². The molecule has 0 saturated carbocycles. The normalized spacial score (nSPS) is 10.7. The summed E-state index contributed by atoms with van der Waals surface area (Å²) in [6, 6.07) is 12.2. The van der Waals surface area contributed by atoms with Crippen LogP contribution in [0.1, 0.15) is 30.4 Å². The number of methoxy groups -OCH3 is 1. The van der Waals surface area contributed by atoms with Crippen LogP contribution >= 0.6 is 11.3 Å². The Morgan fingerprint density at radius 3 is 2.32 bits per heavy atom. The van der Waals surface area contributed by atoms with E-state index < -0.39 is 5.97 Å². The molecule has 0 spiro atoms. The number of urea groups is 1. The van der Waals surface area contributed by atoms with Crippen LogP contribution < -0.4 is 20.1 Å². The van der Waals surface area contributed by atoms with Gasteiger partial charge in [0.25, 0.3) is 0 Å². The Labute approximate surface area is 185 Å². The first-order valence-electron chi connectivity index (χ1n) is 9.99. The highest BCUT2D eigenvalue weighted by Crippen LogP contribution is 2.40. The minimum absolute atomic E-state index is 0.293. The number of thiophene rings is 1. The van der Waals surface area contributed by atoms with Crippen LogP contribution in [0.25, 0.3) is 10.1 Å². The molecule has 31 heavy (non-hydrogen) atoms. The number of rotatable bonds is 8. The molecular weight excluding hydrogens is 416 g/mol. The quantitative estimate of drug-likeness (QED) is 0.433. The van der Waals surface area contributed by atoms with Gasteiger partial charge in [0, 0.05) is 21.5 Å². The lowest BCUT2D eigenvalue weighted by Gasteiger charge is -2.11. The third-order valence-electron chi connectivity index (χ3n) is 4.26. The van der Waals surface area contributed by atoms with E-state index in [0.717, 1.165) is 15.8 Å². The summed E-state index contributed by atoms with van der Waals surface area (Å²) in [7, 11) is 1.34. The van der Waals surface area contributed by atoms with Crippen molar-refractivity contribution in [2.24, 2.45) is 5.92 Å². The van der Waals surface area contributed by atoms with E-state index in [1.54, 1.807) is 36.4 Å². The highest BCUT2D eigenvalue weighted by molar-refractivity contribution is 7.21. The standard InChI is InChI=1S/C23H26N2O5S/c1-5-29-17-9-6-15(7-10-17)24-23(27)25-16-8-11-19-18(12-16)20(30-13-14(2)3)21(31-19)22(26)28-4/h6-12,14H,5,13H2,1-4H3,(H2,24,25,27). The highest BCUT2D eigenvalue weighted by Gasteiger charge is 2.21. The lowest BCUT2D eigenvalue weighted by atomic mass is 10.2. The number of ether oxygens (including phenoxy) is 3. The first-order chi connectivity index (χ1) is 14.9. The van der Waals surface area contributed by atoms with Gasteiger partial charge in [0.05, 0.1) is 20.3 Å². The first-order valence-corrected chi connectivity index (χ1v) is 10.8. The lowest BCUT2D eigenvalue weighted by molar-refractivity contribution is 0.0601. The maximum Gasteiger partial charge on any atom is 0.351 e. The minimum atomic E-state index is -0.442. The van der Waals surface area contributed by atoms with Gasteiger partial charge < -0.3 is 24.8 Å². The molecule has 0 radical (unpaired) electrons. The summed E-state index contributed by atoms with van der Waals surface area (Å²) in [6.07, 6.45) is 0. The van der Waals surface area contributed by atoms with Gasteiger partial charge in [-0.2, -0.15) is 0 Å². The van der Waals surface area contributed by atoms with E-state index in [4.69, 9.17) is 14.2 Å². The van der Waals surface area contributed by atoms with Crippen LogP contribution in [-0.4, -0.2) is 32.3 Å². The molecule has 8 heteroatoms. The SMILES string of the molecule is CCOc1ccc(NC(=O)Nc2ccc3sc(C(=O)OC)c(OCC(C)C)c3c2)cc1. The third-order valence-corrected chi connectivity index (χ3v) is 5.39. The van der Waals surface area contributed by atoms with Gasteiger partial charge in [-0.1, -0.05) is 13.8 Å². The van der Waals surface area contributed by atoms with E-state index in [0.29, 0.717) is 41.1 Å². The second-order valence-corrected chi connectivity index (χ2v) is 8.26. The molecule has 164 valence electrons. The molecule has 2 amide bonds. The molecule has 0 fully saturated rings. The van der Waals surface area contributed by atoms with Crippen molar-refractivity contribution < 1.29 is 23.8 Å². The summed E-state index contributed by atoms with van der Waals surface area (Å²) in [5, 5.41) is 6.36. The summed E-state index contributed by atoms with van der Waals surface area (Å²) >= 11 is 1.30. The van der Waals surface area contributed by atoms with Crippen LogP contribution in [-0.2, 0) is 4.74 Å². The van der Waals surface area contributed by atoms with E-state index in [-0.39, 0.29) is 6.03 Å². The Morgan fingerprint density at radius 2 is 1.68 bits per heavy atom. The smallest absolute Gasteiger partial charge is 0.351 e. The number of carbonyl (C=O) groups excluding carboxylic acids is 2. The second kappa shape index (κ2) is 10.2. The molecule has 7 nitrogen and oxygen atoms in total. The molecule has 0 saturated heterocycles. The number of amides is 2. The van der Waals surface area contributed by atoms with Gasteiger partial charge in [-0.15, -0.1) is 11.3 Å². The molecule has 3 rings (SSSR count). The van der Waals surface area contributed by atoms with Gasteiger partial charge >= 0.3 is 12.0 Å². The van der Waals surface area contributed by atoms with Crippen molar-refractivity contribution in [2.75, 3.05) is 31.0 Å². The van der Waals surface area contributed by atoms with Crippen LogP contribution in [0.4, 0.5) is 16.2 Å². The van der Waals surface area contributed by atoms with Crippen molar-refractivity contribution in [1.82, 2.24) is 0 Å². The Kier molecular flexibility index (Phi) is 7.36. The first kappa shape index (κ1) is 22.4. The summed E-state index contributed by atoms with van der Waals surface area (Å²) in [5.74, 6) is 1.08. The van der Waals surface area contributed by atoms with Crippen molar-refractivity contribution in [3.63, 3.8) is 0 Å². The van der Waals surface area contributed by atoms with Crippen molar-refractivity contribution in [2.45, 2.75) is 20.8 Å². The predicted molar refractivity (Wildman–Crippen MR) is 124 cm³/mol. The summed E-state index contributed by atoms with van der Waals surface area (Å²) in [6.45, 7) is 7.02. The lowest BCUT2D eigenvalue weighted by Crippen LogP contribution is -2.19. The van der Waals surface area contributed by atoms with Crippen LogP contribution in [0.15, 0.2) is 42.5 Å². The van der Waals surface area contributed by atoms with Crippen molar-refractivity contribution >= 4 is 44.8 Å². The Balaban J connectivity index is 1.79. The number of nitrogens with one attached hydrogen (secondary N) is 2. The molecule has 0 bridgehead atoms. The summed E-state index contributed by atoms with van der Waals surface area (Å²) in [5.41, 5.74) is 1.23. The largest absolute Gasteiger partial charge is 0.494 e. The maximum atomic E-state index is 12.4. The van der Waals surface area contributed by atoms with Gasteiger partial charge in [-0.05, 0) is 55.3 Å². The van der Waals surface area contributed by atoms with Gasteiger partial charge in [-0.25, -0.2) is 9.59 Å². The van der Waals surface area contributed by atoms with E-state index in [2.05, 4.69) is 10.6 Å². The molecule has 0 unspecified atom stereocenters. The fraction of sp³-hybridized carbons (Fsp3) is 0.304. The number of anilines is 2. The third kappa shape index (κ3) is 5.67. The number of hydrogen-bond acceptors (Lipinski definition) is 6. The number of fused-ring (bicyclic) bond motifs is 1. The fourth-order valence-corrected chi connectivity index (χ4v) is 3.91. The maximum absolute atomic E-state index is 12.4. The Hall–Kier alpha value is -3.26. The molecule has 3 aromatic rings. The Morgan fingerprint density at radius 1 is 1.00 bits per heavy atom. The summed E-state index contributed by atoms with van der Waals surface area (Å²) in [4.78, 5) is 25.0. The molecule has 1 aromatic heterocycles. The number of esters is 1. The van der Waals surface area contributed by atoms with Crippen LogP contribution in [0, 0.1) is 5.92 Å². The van der Waals surface area contributed by atoms with Crippen molar-refractivity contribution in [3.05, 3.63) is 47.3 Å². The Bertz CT molecular complexity index is 1060. The number of benzene rings is 2. The average molecular weight is 443 g/mol. The van der Waals surface area contributed by atoms with Crippen molar-refractivity contribution in [1.29, 1.82) is 0 Å². The number of carbonyl (C=O) groups is 2. The fourth-order valence-electron chi connectivity index (χ4n) is 2.87. The van der Waals surface area contributed by atoms with Crippen LogP contribution in [0.2, 0.25) is 0 Å². The predicted octanol–water partition coefficient (Wildman–Crippen LogP) is 5.77. The monoisotopic (exact) mass is 442 g/mol. The van der Waals surface area contributed by atoms with Crippen LogP contribution in [0.3, 0.4) is 0 Å². The topological polar surface area (TPSA) is 85.9 Å². The van der Waals surface area contributed by atoms with Gasteiger partial charge in [0.1, 0.15) is 5.75 Å². The molecule has 0 aliphatic heterocycles. The molecule has 0 aliphatic carbocycles. The zero-order valence-electron chi connectivity index (χ0n) is 18.0. The average Bonchev–Trinajstić information content (AvgIpc) is 3.11. The van der Waals surface area contributed by atoms with E-state index in [1.165, 1.54) is 18.4 Å². The summed E-state index contributed by atoms with van der Waals surface area (Å²) < 4.78 is 17.1. The highest BCUT2D eigenvalue weighted by atomic mass is 32.1. The van der Waals surface area contributed by atoms with Crippen LogP contribution in [0.5, 0.6) is 11.5 Å². The molecule has 0 aliphatic rings. The number of hydrogen-bond donors (Lipinski definition) is 2. The zero-order chi connectivity index (χ0) is 22.4. The molecule has 2 N–H and O–H groups in total. The van der Waals surface area contributed by atoms with Crippen molar-refractivity contribution in [3.8, 4) is 11.5 Å². The second-order valence-electron chi connectivity index (χ2n) is 7.20. The van der Waals surface area contributed by atoms with Gasteiger partial charge in [0.2, 0.25) is 0 Å². The molecule has 2 aromatic carbocycles. The molecular formula is C23H26N2O5S. The van der Waals surface area contributed by atoms with E-state index >= 15 is 0 Å². The van der Waals surface area contributed by atoms with E-state index in [1.807, 2.05) is 26.8 Å². The zero-order valence-corrected chi connectivity index (χ0v) is 18.8. The molecule has 1 heterocycles. The van der Waals surface area contributed by atoms with E-state index in [9.17, 15) is 9.59 Å². The molecule has 0 atom stereocenters. The van der Waals surface area contributed by atoms with Gasteiger partial charge in [0.15, 0.2) is 10.6 Å².